The molecule has 4 amide bonds. The zero-order chi connectivity index (χ0) is 25.7. The van der Waals surface area contributed by atoms with Gasteiger partial charge in [0.2, 0.25) is 11.8 Å². The Labute approximate surface area is 211 Å². The number of hydrogen-bond acceptors (Lipinski definition) is 4. The van der Waals surface area contributed by atoms with Crippen LogP contribution in [0.3, 0.4) is 0 Å². The number of imidazole rings is 1. The molecule has 2 aromatic rings. The molecule has 0 bridgehead atoms. The number of hydrogen-bond donors (Lipinski definition) is 3. The standard InChI is InChI=1S/C26H37FN6O3/c1-3-18-10-5-8-15-33(18)22(34)16-21(30-26(36)32-13-6-4-7-14-32)25(35)28-17(2)24-29-20-12-9-11-19(27)23(20)31-24/h9,11-12,17-18,21H,3-8,10,13-16H2,1-2H3,(H,28,35)(H,29,31)(H,30,36)/t17-,18-,21-/m0/s1. The molecule has 9 nitrogen and oxygen atoms in total. The van der Waals surface area contributed by atoms with Crippen LogP contribution in [-0.2, 0) is 9.59 Å². The highest BCUT2D eigenvalue weighted by atomic mass is 19.1. The normalized spacial score (nSPS) is 20.1. The Kier molecular flexibility index (Phi) is 8.43. The van der Waals surface area contributed by atoms with Gasteiger partial charge in [-0.3, -0.25) is 9.59 Å². The number of urea groups is 1. The molecule has 36 heavy (non-hydrogen) atoms. The Hall–Kier alpha value is -3.17. The number of nitrogens with zero attached hydrogens (tertiary/aromatic N) is 3. The molecule has 2 aliphatic heterocycles. The minimum Gasteiger partial charge on any atom is -0.345 e. The molecule has 0 unspecified atom stereocenters. The molecular weight excluding hydrogens is 463 g/mol. The van der Waals surface area contributed by atoms with Crippen LogP contribution in [0.15, 0.2) is 18.2 Å². The van der Waals surface area contributed by atoms with Gasteiger partial charge >= 0.3 is 6.03 Å². The largest absolute Gasteiger partial charge is 0.345 e. The van der Waals surface area contributed by atoms with Gasteiger partial charge in [-0.1, -0.05) is 13.0 Å². The van der Waals surface area contributed by atoms with Crippen molar-refractivity contribution in [2.45, 2.75) is 83.3 Å². The summed E-state index contributed by atoms with van der Waals surface area (Å²) in [5.74, 6) is -0.637. The summed E-state index contributed by atoms with van der Waals surface area (Å²) >= 11 is 0. The number of carbonyl (C=O) groups is 3. The van der Waals surface area contributed by atoms with Crippen LogP contribution < -0.4 is 10.6 Å². The minimum atomic E-state index is -1.02. The number of halogens is 1. The summed E-state index contributed by atoms with van der Waals surface area (Å²) in [6.45, 7) is 5.75. The molecule has 3 heterocycles. The zero-order valence-corrected chi connectivity index (χ0v) is 21.2. The average molecular weight is 501 g/mol. The van der Waals surface area contributed by atoms with E-state index in [4.69, 9.17) is 0 Å². The first-order chi connectivity index (χ1) is 17.4. The third kappa shape index (κ3) is 5.96. The summed E-state index contributed by atoms with van der Waals surface area (Å²) < 4.78 is 14.1. The molecule has 0 saturated carbocycles. The van der Waals surface area contributed by atoms with E-state index in [0.29, 0.717) is 31.0 Å². The van der Waals surface area contributed by atoms with E-state index in [2.05, 4.69) is 27.5 Å². The van der Waals surface area contributed by atoms with Crippen LogP contribution in [0.5, 0.6) is 0 Å². The quantitative estimate of drug-likeness (QED) is 0.539. The third-order valence-corrected chi connectivity index (χ3v) is 7.31. The summed E-state index contributed by atoms with van der Waals surface area (Å²) in [5.41, 5.74) is 0.737. The number of nitrogens with one attached hydrogen (secondary N) is 3. The van der Waals surface area contributed by atoms with Crippen molar-refractivity contribution >= 4 is 28.9 Å². The lowest BCUT2D eigenvalue weighted by molar-refractivity contribution is -0.138. The summed E-state index contributed by atoms with van der Waals surface area (Å²) in [4.78, 5) is 50.5. The van der Waals surface area contributed by atoms with Crippen molar-refractivity contribution in [2.75, 3.05) is 19.6 Å². The number of amides is 4. The van der Waals surface area contributed by atoms with Crippen LogP contribution in [0.1, 0.15) is 77.1 Å². The lowest BCUT2D eigenvalue weighted by Crippen LogP contribution is -2.55. The van der Waals surface area contributed by atoms with Gasteiger partial charge in [-0.2, -0.15) is 0 Å². The molecule has 1 aromatic heterocycles. The molecule has 1 aromatic carbocycles. The summed E-state index contributed by atoms with van der Waals surface area (Å²) in [5, 5.41) is 5.68. The van der Waals surface area contributed by atoms with E-state index in [1.165, 1.54) is 6.07 Å². The molecule has 3 atom stereocenters. The molecule has 2 aliphatic rings. The number of piperidine rings is 2. The van der Waals surface area contributed by atoms with Crippen molar-refractivity contribution < 1.29 is 18.8 Å². The zero-order valence-electron chi connectivity index (χ0n) is 21.2. The van der Waals surface area contributed by atoms with Crippen molar-refractivity contribution in [2.24, 2.45) is 0 Å². The fourth-order valence-electron chi connectivity index (χ4n) is 5.20. The molecule has 0 spiro atoms. The molecule has 196 valence electrons. The van der Waals surface area contributed by atoms with E-state index in [9.17, 15) is 18.8 Å². The maximum Gasteiger partial charge on any atom is 0.318 e. The van der Waals surface area contributed by atoms with Crippen LogP contribution >= 0.6 is 0 Å². The number of carbonyl (C=O) groups excluding carboxylic acids is 3. The number of benzene rings is 1. The van der Waals surface area contributed by atoms with Crippen molar-refractivity contribution in [3.8, 4) is 0 Å². The summed E-state index contributed by atoms with van der Waals surface area (Å²) in [7, 11) is 0. The monoisotopic (exact) mass is 500 g/mol. The number of rotatable bonds is 7. The first kappa shape index (κ1) is 25.9. The smallest absolute Gasteiger partial charge is 0.318 e. The Balaban J connectivity index is 1.48. The Morgan fingerprint density at radius 2 is 1.86 bits per heavy atom. The molecule has 0 radical (unpaired) electrons. The fourth-order valence-corrected chi connectivity index (χ4v) is 5.20. The van der Waals surface area contributed by atoms with Gasteiger partial charge in [0.1, 0.15) is 17.4 Å². The molecule has 3 N–H and O–H groups in total. The Morgan fingerprint density at radius 3 is 2.58 bits per heavy atom. The van der Waals surface area contributed by atoms with Crippen molar-refractivity contribution in [3.63, 3.8) is 0 Å². The second-order valence-electron chi connectivity index (χ2n) is 9.89. The third-order valence-electron chi connectivity index (χ3n) is 7.31. The van der Waals surface area contributed by atoms with Crippen LogP contribution in [0.4, 0.5) is 9.18 Å². The number of para-hydroxylation sites is 1. The van der Waals surface area contributed by atoms with Gasteiger partial charge < -0.3 is 25.4 Å². The van der Waals surface area contributed by atoms with E-state index >= 15 is 0 Å². The number of aromatic nitrogens is 2. The predicted octanol–water partition coefficient (Wildman–Crippen LogP) is 3.62. The highest BCUT2D eigenvalue weighted by Crippen LogP contribution is 2.22. The van der Waals surface area contributed by atoms with Gasteiger partial charge in [-0.05, 0) is 64.0 Å². The van der Waals surface area contributed by atoms with E-state index in [0.717, 1.165) is 44.9 Å². The second kappa shape index (κ2) is 11.7. The van der Waals surface area contributed by atoms with Gasteiger partial charge in [-0.15, -0.1) is 0 Å². The number of aromatic amines is 1. The SMILES string of the molecule is CC[C@H]1CCCCN1C(=O)C[C@H](NC(=O)N1CCCCC1)C(=O)N[C@@H](C)c1nc2c(F)cccc2[nH]1. The van der Waals surface area contributed by atoms with E-state index < -0.39 is 23.8 Å². The molecule has 4 rings (SSSR count). The highest BCUT2D eigenvalue weighted by molar-refractivity contribution is 5.92. The molecular formula is C26H37FN6O3. The lowest BCUT2D eigenvalue weighted by atomic mass is 9.99. The fraction of sp³-hybridized carbons (Fsp3) is 0.615. The van der Waals surface area contributed by atoms with Gasteiger partial charge in [0.05, 0.1) is 18.0 Å². The predicted molar refractivity (Wildman–Crippen MR) is 135 cm³/mol. The topological polar surface area (TPSA) is 110 Å². The van der Waals surface area contributed by atoms with Crippen molar-refractivity contribution in [1.29, 1.82) is 0 Å². The maximum absolute atomic E-state index is 14.1. The summed E-state index contributed by atoms with van der Waals surface area (Å²) in [6.07, 6.45) is 6.68. The first-order valence-electron chi connectivity index (χ1n) is 13.2. The van der Waals surface area contributed by atoms with E-state index in [1.807, 2.05) is 4.90 Å². The Bertz CT molecular complexity index is 1080. The number of fused-ring (bicyclic) bond motifs is 1. The number of H-pyrrole nitrogens is 1. The van der Waals surface area contributed by atoms with E-state index in [1.54, 1.807) is 24.0 Å². The van der Waals surface area contributed by atoms with Crippen LogP contribution in [0, 0.1) is 5.82 Å². The molecule has 2 fully saturated rings. The lowest BCUT2D eigenvalue weighted by Gasteiger charge is -2.36. The average Bonchev–Trinajstić information content (AvgIpc) is 3.34. The highest BCUT2D eigenvalue weighted by Gasteiger charge is 2.32. The van der Waals surface area contributed by atoms with Crippen molar-refractivity contribution in [1.82, 2.24) is 30.4 Å². The van der Waals surface area contributed by atoms with Gasteiger partial charge in [-0.25, -0.2) is 14.2 Å². The number of likely N-dealkylation sites (tertiary alicyclic amines) is 2. The minimum absolute atomic E-state index is 0.108. The maximum atomic E-state index is 14.1. The Morgan fingerprint density at radius 1 is 1.11 bits per heavy atom. The first-order valence-corrected chi connectivity index (χ1v) is 13.2. The second-order valence-corrected chi connectivity index (χ2v) is 9.89. The van der Waals surface area contributed by atoms with E-state index in [-0.39, 0.29) is 29.9 Å². The molecule has 10 heteroatoms. The molecule has 2 saturated heterocycles. The van der Waals surface area contributed by atoms with Crippen LogP contribution in [0.25, 0.3) is 11.0 Å². The van der Waals surface area contributed by atoms with Crippen LogP contribution in [-0.4, -0.2) is 69.3 Å². The van der Waals surface area contributed by atoms with Gasteiger partial charge in [0.15, 0.2) is 5.82 Å². The van der Waals surface area contributed by atoms with Crippen molar-refractivity contribution in [3.05, 3.63) is 29.8 Å². The van der Waals surface area contributed by atoms with Crippen LogP contribution in [0.2, 0.25) is 0 Å². The van der Waals surface area contributed by atoms with Gasteiger partial charge in [0, 0.05) is 25.7 Å². The van der Waals surface area contributed by atoms with Gasteiger partial charge in [0.25, 0.3) is 0 Å². The molecule has 0 aliphatic carbocycles. The summed E-state index contributed by atoms with van der Waals surface area (Å²) in [6, 6.07) is 2.88.